The van der Waals surface area contributed by atoms with Crippen LogP contribution < -0.4 is 5.32 Å². The number of thiazole rings is 1. The van der Waals surface area contributed by atoms with Crippen LogP contribution in [0.25, 0.3) is 27.4 Å². The van der Waals surface area contributed by atoms with Crippen molar-refractivity contribution in [3.8, 4) is 17.1 Å². The average molecular weight is 436 g/mol. The van der Waals surface area contributed by atoms with Crippen LogP contribution in [0.5, 0.6) is 0 Å². The Labute approximate surface area is 169 Å². The van der Waals surface area contributed by atoms with E-state index < -0.39 is 17.6 Å². The Balaban J connectivity index is 1.56. The molecule has 1 aliphatic rings. The average Bonchev–Trinajstić information content (AvgIpc) is 3.12. The summed E-state index contributed by atoms with van der Waals surface area (Å²) in [6.07, 6.45) is -0.536. The predicted molar refractivity (Wildman–Crippen MR) is 101 cm³/mol. The highest BCUT2D eigenvalue weighted by molar-refractivity contribution is 7.22. The van der Waals surface area contributed by atoms with Crippen molar-refractivity contribution in [3.05, 3.63) is 42.1 Å². The van der Waals surface area contributed by atoms with Crippen molar-refractivity contribution < 1.29 is 22.4 Å². The number of H-pyrrole nitrogens is 1. The monoisotopic (exact) mass is 436 g/mol. The van der Waals surface area contributed by atoms with Gasteiger partial charge in [-0.15, -0.1) is 0 Å². The highest BCUT2D eigenvalue weighted by Gasteiger charge is 2.35. The summed E-state index contributed by atoms with van der Waals surface area (Å²) in [7, 11) is 0. The number of carbonyl (C=O) groups is 1. The number of fused-ring (bicyclic) bond motifs is 1. The van der Waals surface area contributed by atoms with Crippen LogP contribution in [0.15, 0.2) is 30.7 Å². The standard InChI is InChI=1S/C18H12F4N6OS/c19-12-9(2-1-3-10(12)18(20,21)22)11-6-23-7-28(11)15-13-14(26-27-15)24-17(30-13)25-16(29)8-4-5-8/h1-3,6-8H,4-5H2,(H2,24,25,26,27,29). The maximum atomic E-state index is 14.6. The minimum Gasteiger partial charge on any atom is -0.302 e. The molecule has 12 heteroatoms. The van der Waals surface area contributed by atoms with Crippen molar-refractivity contribution in [1.29, 1.82) is 0 Å². The number of hydrogen-bond donors (Lipinski definition) is 2. The van der Waals surface area contributed by atoms with Crippen molar-refractivity contribution >= 4 is 32.7 Å². The number of rotatable bonds is 4. The molecule has 0 saturated heterocycles. The van der Waals surface area contributed by atoms with Crippen LogP contribution in [-0.2, 0) is 11.0 Å². The molecule has 2 N–H and O–H groups in total. The van der Waals surface area contributed by atoms with Crippen molar-refractivity contribution in [3.63, 3.8) is 0 Å². The zero-order chi connectivity index (χ0) is 21.0. The van der Waals surface area contributed by atoms with Gasteiger partial charge in [0.1, 0.15) is 16.8 Å². The zero-order valence-corrected chi connectivity index (χ0v) is 15.8. The number of imidazole rings is 1. The smallest absolute Gasteiger partial charge is 0.302 e. The molecular formula is C18H12F4N6OS. The van der Waals surface area contributed by atoms with E-state index in [9.17, 15) is 22.4 Å². The first-order valence-corrected chi connectivity index (χ1v) is 9.69. The van der Waals surface area contributed by atoms with Gasteiger partial charge in [-0.3, -0.25) is 14.5 Å². The molecule has 30 heavy (non-hydrogen) atoms. The lowest BCUT2D eigenvalue weighted by Crippen LogP contribution is -2.12. The molecule has 0 radical (unpaired) electrons. The summed E-state index contributed by atoms with van der Waals surface area (Å²) in [4.78, 5) is 20.2. The predicted octanol–water partition coefficient (Wildman–Crippen LogP) is 4.38. The molecule has 0 spiro atoms. The molecule has 4 aromatic rings. The Morgan fingerprint density at radius 3 is 2.83 bits per heavy atom. The third kappa shape index (κ3) is 3.12. The summed E-state index contributed by atoms with van der Waals surface area (Å²) in [6, 6.07) is 3.07. The third-order valence-electron chi connectivity index (χ3n) is 4.72. The maximum absolute atomic E-state index is 14.6. The van der Waals surface area contributed by atoms with Gasteiger partial charge in [0.05, 0.1) is 17.5 Å². The van der Waals surface area contributed by atoms with Gasteiger partial charge in [-0.25, -0.2) is 14.4 Å². The molecule has 0 atom stereocenters. The van der Waals surface area contributed by atoms with Crippen molar-refractivity contribution in [2.24, 2.45) is 5.92 Å². The molecule has 3 aromatic heterocycles. The van der Waals surface area contributed by atoms with E-state index >= 15 is 0 Å². The number of anilines is 1. The van der Waals surface area contributed by atoms with Crippen LogP contribution in [0.2, 0.25) is 0 Å². The van der Waals surface area contributed by atoms with Gasteiger partial charge in [-0.1, -0.05) is 17.4 Å². The Morgan fingerprint density at radius 1 is 1.30 bits per heavy atom. The molecule has 1 saturated carbocycles. The van der Waals surface area contributed by atoms with Crippen LogP contribution in [0, 0.1) is 11.7 Å². The first-order chi connectivity index (χ1) is 14.3. The van der Waals surface area contributed by atoms with E-state index in [0.29, 0.717) is 27.4 Å². The quantitative estimate of drug-likeness (QED) is 0.465. The topological polar surface area (TPSA) is 88.5 Å². The van der Waals surface area contributed by atoms with Crippen LogP contribution in [0.4, 0.5) is 22.7 Å². The van der Waals surface area contributed by atoms with Crippen molar-refractivity contribution in [2.75, 3.05) is 5.32 Å². The molecule has 0 bridgehead atoms. The van der Waals surface area contributed by atoms with E-state index in [1.54, 1.807) is 0 Å². The second kappa shape index (κ2) is 6.62. The van der Waals surface area contributed by atoms with Crippen LogP contribution in [0.3, 0.4) is 0 Å². The molecule has 154 valence electrons. The van der Waals surface area contributed by atoms with Crippen LogP contribution in [0.1, 0.15) is 18.4 Å². The van der Waals surface area contributed by atoms with Gasteiger partial charge in [-0.2, -0.15) is 18.3 Å². The summed E-state index contributed by atoms with van der Waals surface area (Å²) in [5.41, 5.74) is -1.12. The fourth-order valence-corrected chi connectivity index (χ4v) is 3.99. The highest BCUT2D eigenvalue weighted by Crippen LogP contribution is 2.37. The van der Waals surface area contributed by atoms with Gasteiger partial charge < -0.3 is 5.32 Å². The summed E-state index contributed by atoms with van der Waals surface area (Å²) in [6.45, 7) is 0. The molecule has 1 amide bonds. The maximum Gasteiger partial charge on any atom is 0.419 e. The Hall–Kier alpha value is -3.28. The molecule has 0 aliphatic heterocycles. The van der Waals surface area contributed by atoms with Gasteiger partial charge in [0, 0.05) is 11.5 Å². The minimum absolute atomic E-state index is 0.00831. The number of nitrogens with one attached hydrogen (secondary N) is 2. The largest absolute Gasteiger partial charge is 0.419 e. The van der Waals surface area contributed by atoms with Crippen LogP contribution >= 0.6 is 11.3 Å². The molecule has 7 nitrogen and oxygen atoms in total. The van der Waals surface area contributed by atoms with Gasteiger partial charge in [0.2, 0.25) is 5.91 Å². The molecule has 1 aromatic carbocycles. The highest BCUT2D eigenvalue weighted by atomic mass is 32.1. The number of carbonyl (C=O) groups excluding carboxylic acids is 1. The van der Waals surface area contributed by atoms with Crippen molar-refractivity contribution in [2.45, 2.75) is 19.0 Å². The number of aromatic nitrogens is 5. The lowest BCUT2D eigenvalue weighted by molar-refractivity contribution is -0.139. The van der Waals surface area contributed by atoms with E-state index in [1.807, 2.05) is 0 Å². The molecular weight excluding hydrogens is 424 g/mol. The number of hydrogen-bond acceptors (Lipinski definition) is 5. The van der Waals surface area contributed by atoms with Gasteiger partial charge >= 0.3 is 6.18 Å². The van der Waals surface area contributed by atoms with Gasteiger partial charge in [0.25, 0.3) is 0 Å². The molecule has 5 rings (SSSR count). The van der Waals surface area contributed by atoms with Gasteiger partial charge in [-0.05, 0) is 25.0 Å². The normalized spacial score (nSPS) is 14.4. The van der Waals surface area contributed by atoms with Crippen LogP contribution in [-0.4, -0.2) is 30.6 Å². The minimum atomic E-state index is -4.82. The van der Waals surface area contributed by atoms with E-state index in [2.05, 4.69) is 25.5 Å². The number of benzene rings is 1. The van der Waals surface area contributed by atoms with E-state index in [1.165, 1.54) is 23.2 Å². The fourth-order valence-electron chi connectivity index (χ4n) is 3.09. The zero-order valence-electron chi connectivity index (χ0n) is 15.0. The van der Waals surface area contributed by atoms with E-state index in [-0.39, 0.29) is 23.1 Å². The number of halogens is 4. The second-order valence-corrected chi connectivity index (χ2v) is 7.82. The molecule has 1 fully saturated rings. The summed E-state index contributed by atoms with van der Waals surface area (Å²) < 4.78 is 55.9. The summed E-state index contributed by atoms with van der Waals surface area (Å²) in [5, 5.41) is 9.98. The van der Waals surface area contributed by atoms with Gasteiger partial charge in [0.15, 0.2) is 16.6 Å². The number of alkyl halides is 3. The lowest BCUT2D eigenvalue weighted by Gasteiger charge is -2.12. The molecule has 0 unspecified atom stereocenters. The second-order valence-electron chi connectivity index (χ2n) is 6.82. The summed E-state index contributed by atoms with van der Waals surface area (Å²) >= 11 is 1.16. The first kappa shape index (κ1) is 18.7. The number of nitrogens with zero attached hydrogens (tertiary/aromatic N) is 4. The number of aromatic amines is 1. The molecule has 1 aliphatic carbocycles. The lowest BCUT2D eigenvalue weighted by atomic mass is 10.1. The third-order valence-corrected chi connectivity index (χ3v) is 5.69. The molecule has 3 heterocycles. The SMILES string of the molecule is O=C(Nc1nc2[nH]nc(-n3cncc3-c3cccc(C(F)(F)F)c3F)c2s1)C1CC1. The Kier molecular flexibility index (Phi) is 4.13. The van der Waals surface area contributed by atoms with E-state index in [0.717, 1.165) is 30.2 Å². The first-order valence-electron chi connectivity index (χ1n) is 8.87. The fraction of sp³-hybridized carbons (Fsp3) is 0.222. The Morgan fingerprint density at radius 2 is 2.10 bits per heavy atom. The van der Waals surface area contributed by atoms with Crippen molar-refractivity contribution in [1.82, 2.24) is 24.7 Å². The summed E-state index contributed by atoms with van der Waals surface area (Å²) in [5.74, 6) is -1.19. The number of amides is 1. The van der Waals surface area contributed by atoms with E-state index in [4.69, 9.17) is 0 Å². The Bertz CT molecular complexity index is 1270.